The Hall–Kier alpha value is -3.35. The summed E-state index contributed by atoms with van der Waals surface area (Å²) in [5, 5.41) is 29.9. The van der Waals surface area contributed by atoms with Crippen LogP contribution in [-0.2, 0) is 16.6 Å². The zero-order valence-corrected chi connectivity index (χ0v) is 16.0. The standard InChI is InChI=1S/C17H17N9O2S/c18-29(27,28)14-3-1-2-13(16(14)17-23-25-26-24-17)12-6-4-11(5-7-12)8-19-9-15-20-10-21-22-15/h1-7,19H,8-10H2,(H2,18,27,28)(H,23,24,25,26). The van der Waals surface area contributed by atoms with Crippen molar-refractivity contribution in [3.8, 4) is 22.5 Å². The van der Waals surface area contributed by atoms with Gasteiger partial charge in [-0.15, -0.1) is 10.2 Å². The van der Waals surface area contributed by atoms with Crippen LogP contribution < -0.4 is 10.5 Å². The number of amidine groups is 1. The fourth-order valence-electron chi connectivity index (χ4n) is 2.99. The third kappa shape index (κ3) is 4.23. The Labute approximate surface area is 166 Å². The molecule has 1 aromatic heterocycles. The van der Waals surface area contributed by atoms with Crippen LogP contribution in [0.3, 0.4) is 0 Å². The van der Waals surface area contributed by atoms with Gasteiger partial charge in [0.25, 0.3) is 0 Å². The molecule has 0 aliphatic carbocycles. The summed E-state index contributed by atoms with van der Waals surface area (Å²) >= 11 is 0. The molecule has 12 heteroatoms. The highest BCUT2D eigenvalue weighted by atomic mass is 32.2. The Morgan fingerprint density at radius 3 is 2.59 bits per heavy atom. The molecule has 0 amide bonds. The van der Waals surface area contributed by atoms with Crippen LogP contribution in [0.15, 0.2) is 62.6 Å². The molecule has 0 radical (unpaired) electrons. The molecule has 148 valence electrons. The lowest BCUT2D eigenvalue weighted by Crippen LogP contribution is -2.20. The Morgan fingerprint density at radius 2 is 1.93 bits per heavy atom. The molecule has 1 aliphatic heterocycles. The lowest BCUT2D eigenvalue weighted by atomic mass is 9.98. The number of hydrogen-bond acceptors (Lipinski definition) is 9. The van der Waals surface area contributed by atoms with Crippen LogP contribution in [0.2, 0.25) is 0 Å². The fourth-order valence-corrected chi connectivity index (χ4v) is 3.75. The first-order chi connectivity index (χ1) is 14.0. The number of rotatable bonds is 7. The smallest absolute Gasteiger partial charge is 0.238 e. The molecule has 0 fully saturated rings. The second kappa shape index (κ2) is 7.95. The second-order valence-electron chi connectivity index (χ2n) is 6.23. The van der Waals surface area contributed by atoms with E-state index < -0.39 is 10.0 Å². The maximum Gasteiger partial charge on any atom is 0.238 e. The summed E-state index contributed by atoms with van der Waals surface area (Å²) < 4.78 is 24.2. The predicted molar refractivity (Wildman–Crippen MR) is 105 cm³/mol. The fraction of sp³-hybridized carbons (Fsp3) is 0.176. The molecular weight excluding hydrogens is 394 g/mol. The molecule has 2 aromatic carbocycles. The van der Waals surface area contributed by atoms with Gasteiger partial charge >= 0.3 is 0 Å². The molecule has 0 atom stereocenters. The van der Waals surface area contributed by atoms with Gasteiger partial charge in [-0.2, -0.15) is 5.11 Å². The Morgan fingerprint density at radius 1 is 1.10 bits per heavy atom. The lowest BCUT2D eigenvalue weighted by Gasteiger charge is -2.12. The molecule has 0 bridgehead atoms. The predicted octanol–water partition coefficient (Wildman–Crippen LogP) is 1.09. The van der Waals surface area contributed by atoms with E-state index in [1.54, 1.807) is 12.1 Å². The number of aliphatic imine (C=N–C) groups is 1. The summed E-state index contributed by atoms with van der Waals surface area (Å²) in [4.78, 5) is 4.07. The number of benzene rings is 2. The minimum absolute atomic E-state index is 0.0502. The maximum atomic E-state index is 12.1. The Kier molecular flexibility index (Phi) is 5.20. The third-order valence-electron chi connectivity index (χ3n) is 4.29. The summed E-state index contributed by atoms with van der Waals surface area (Å²) in [5.74, 6) is 0.911. The van der Waals surface area contributed by atoms with E-state index in [1.165, 1.54) is 6.07 Å². The van der Waals surface area contributed by atoms with E-state index in [2.05, 4.69) is 41.2 Å². The number of hydrogen-bond donors (Lipinski definition) is 3. The largest absolute Gasteiger partial charge is 0.306 e. The first-order valence-corrected chi connectivity index (χ1v) is 10.2. The number of nitrogens with one attached hydrogen (secondary N) is 2. The van der Waals surface area contributed by atoms with E-state index in [1.807, 2.05) is 24.3 Å². The van der Waals surface area contributed by atoms with Crippen molar-refractivity contribution >= 4 is 15.9 Å². The minimum Gasteiger partial charge on any atom is -0.306 e. The molecule has 2 heterocycles. The number of nitrogens with two attached hydrogens (primary N) is 1. The van der Waals surface area contributed by atoms with Crippen molar-refractivity contribution in [2.24, 2.45) is 20.4 Å². The van der Waals surface area contributed by atoms with E-state index in [0.717, 1.165) is 11.1 Å². The van der Waals surface area contributed by atoms with Gasteiger partial charge < -0.3 is 5.32 Å². The van der Waals surface area contributed by atoms with Crippen molar-refractivity contribution in [1.29, 1.82) is 0 Å². The molecule has 0 saturated heterocycles. The zero-order valence-electron chi connectivity index (χ0n) is 15.1. The molecule has 0 unspecified atom stereocenters. The molecular formula is C17H17N9O2S. The highest BCUT2D eigenvalue weighted by Gasteiger charge is 2.21. The number of azo groups is 1. The average molecular weight is 411 g/mol. The van der Waals surface area contributed by atoms with Gasteiger partial charge in [0, 0.05) is 12.1 Å². The Balaban J connectivity index is 1.62. The summed E-state index contributed by atoms with van der Waals surface area (Å²) in [6, 6.07) is 12.6. The Bertz CT molecular complexity index is 1170. The highest BCUT2D eigenvalue weighted by Crippen LogP contribution is 2.34. The lowest BCUT2D eigenvalue weighted by molar-refractivity contribution is 0.598. The van der Waals surface area contributed by atoms with Gasteiger partial charge in [0.15, 0.2) is 18.3 Å². The number of primary sulfonamides is 1. The van der Waals surface area contributed by atoms with E-state index in [-0.39, 0.29) is 10.7 Å². The van der Waals surface area contributed by atoms with Crippen LogP contribution in [0.1, 0.15) is 5.56 Å². The molecule has 11 nitrogen and oxygen atoms in total. The van der Waals surface area contributed by atoms with Crippen molar-refractivity contribution in [1.82, 2.24) is 25.9 Å². The summed E-state index contributed by atoms with van der Waals surface area (Å²) in [6.07, 6.45) is 0. The van der Waals surface area contributed by atoms with Gasteiger partial charge in [0.2, 0.25) is 10.0 Å². The summed E-state index contributed by atoms with van der Waals surface area (Å²) in [7, 11) is -3.97. The van der Waals surface area contributed by atoms with Gasteiger partial charge in [-0.3, -0.25) is 0 Å². The van der Waals surface area contributed by atoms with Crippen LogP contribution in [0.4, 0.5) is 0 Å². The van der Waals surface area contributed by atoms with E-state index in [4.69, 9.17) is 5.14 Å². The maximum absolute atomic E-state index is 12.1. The number of tetrazole rings is 1. The van der Waals surface area contributed by atoms with Crippen molar-refractivity contribution in [3.63, 3.8) is 0 Å². The monoisotopic (exact) mass is 411 g/mol. The van der Waals surface area contributed by atoms with Crippen LogP contribution >= 0.6 is 0 Å². The molecule has 4 N–H and O–H groups in total. The van der Waals surface area contributed by atoms with E-state index >= 15 is 0 Å². The number of aromatic amines is 1. The number of aromatic nitrogens is 4. The van der Waals surface area contributed by atoms with Crippen molar-refractivity contribution in [3.05, 3.63) is 48.0 Å². The zero-order chi connectivity index (χ0) is 20.3. The summed E-state index contributed by atoms with van der Waals surface area (Å²) in [6.45, 7) is 1.57. The topological polar surface area (TPSA) is 164 Å². The minimum atomic E-state index is -3.97. The second-order valence-corrected chi connectivity index (χ2v) is 7.76. The normalized spacial score (nSPS) is 13.6. The quantitative estimate of drug-likeness (QED) is 0.527. The molecule has 0 saturated carbocycles. The van der Waals surface area contributed by atoms with Crippen molar-refractivity contribution in [2.45, 2.75) is 11.4 Å². The van der Waals surface area contributed by atoms with Gasteiger partial charge in [-0.25, -0.2) is 23.6 Å². The third-order valence-corrected chi connectivity index (χ3v) is 5.25. The van der Waals surface area contributed by atoms with Crippen LogP contribution in [0.5, 0.6) is 0 Å². The molecule has 1 aliphatic rings. The molecule has 4 rings (SSSR count). The van der Waals surface area contributed by atoms with Gasteiger partial charge in [-0.1, -0.05) is 36.4 Å². The number of sulfonamides is 1. The van der Waals surface area contributed by atoms with Gasteiger partial charge in [0.05, 0.1) is 11.4 Å². The van der Waals surface area contributed by atoms with Crippen LogP contribution in [0.25, 0.3) is 22.5 Å². The molecule has 0 spiro atoms. The molecule has 3 aromatic rings. The van der Waals surface area contributed by atoms with E-state index in [0.29, 0.717) is 36.7 Å². The van der Waals surface area contributed by atoms with Gasteiger partial charge in [0.1, 0.15) is 0 Å². The number of nitrogens with zero attached hydrogens (tertiary/aromatic N) is 6. The SMILES string of the molecule is NS(=O)(=O)c1cccc(-c2ccc(CNCC3=NCN=N3)cc2)c1-c1nnn[nH]1. The first-order valence-electron chi connectivity index (χ1n) is 8.63. The van der Waals surface area contributed by atoms with Crippen molar-refractivity contribution in [2.75, 3.05) is 13.2 Å². The average Bonchev–Trinajstić information content (AvgIpc) is 3.41. The molecule has 29 heavy (non-hydrogen) atoms. The van der Waals surface area contributed by atoms with Gasteiger partial charge in [-0.05, 0) is 33.2 Å². The first kappa shape index (κ1) is 19.0. The number of H-pyrrole nitrogens is 1. The summed E-state index contributed by atoms with van der Waals surface area (Å²) in [5.41, 5.74) is 2.83. The van der Waals surface area contributed by atoms with Crippen LogP contribution in [-0.4, -0.2) is 48.1 Å². The van der Waals surface area contributed by atoms with Crippen molar-refractivity contribution < 1.29 is 8.42 Å². The highest BCUT2D eigenvalue weighted by molar-refractivity contribution is 7.89. The van der Waals surface area contributed by atoms with Crippen LogP contribution in [0, 0.1) is 0 Å². The van der Waals surface area contributed by atoms with E-state index in [9.17, 15) is 8.42 Å².